The molecule has 2 bridgehead atoms. The first-order valence-corrected chi connectivity index (χ1v) is 11.1. The number of esters is 2. The molecule has 5 rings (SSSR count). The van der Waals surface area contributed by atoms with Crippen molar-refractivity contribution in [2.75, 3.05) is 11.9 Å². The Hall–Kier alpha value is -2.87. The van der Waals surface area contributed by atoms with Crippen molar-refractivity contribution in [1.29, 1.82) is 0 Å². The van der Waals surface area contributed by atoms with E-state index in [-0.39, 0.29) is 28.7 Å². The van der Waals surface area contributed by atoms with Gasteiger partial charge in [0.25, 0.3) is 5.91 Å². The van der Waals surface area contributed by atoms with E-state index in [9.17, 15) is 14.4 Å². The summed E-state index contributed by atoms with van der Waals surface area (Å²) in [5.41, 5.74) is 0.559. The first kappa shape index (κ1) is 20.1. The third kappa shape index (κ3) is 3.69. The number of carbonyl (C=O) groups excluding carboxylic acids is 3. The van der Waals surface area contributed by atoms with E-state index in [4.69, 9.17) is 14.2 Å². The van der Waals surface area contributed by atoms with E-state index in [2.05, 4.69) is 21.2 Å². The van der Waals surface area contributed by atoms with E-state index < -0.39 is 30.3 Å². The summed E-state index contributed by atoms with van der Waals surface area (Å²) in [6.07, 6.45) is 0.615. The Kier molecular flexibility index (Phi) is 5.17. The second-order valence-corrected chi connectivity index (χ2v) is 9.11. The lowest BCUT2D eigenvalue weighted by Gasteiger charge is -2.26. The van der Waals surface area contributed by atoms with Gasteiger partial charge in [0.05, 0.1) is 16.7 Å². The summed E-state index contributed by atoms with van der Waals surface area (Å²) >= 11 is 3.56. The van der Waals surface area contributed by atoms with E-state index in [0.29, 0.717) is 11.4 Å². The second-order valence-electron chi connectivity index (χ2n) is 8.06. The second kappa shape index (κ2) is 8.00. The fourth-order valence-electron chi connectivity index (χ4n) is 4.96. The number of fused-ring (bicyclic) bond motifs is 1. The van der Waals surface area contributed by atoms with Crippen LogP contribution < -0.4 is 10.1 Å². The molecule has 7 nitrogen and oxygen atoms in total. The minimum atomic E-state index is -0.553. The van der Waals surface area contributed by atoms with Crippen molar-refractivity contribution in [2.45, 2.75) is 17.4 Å². The van der Waals surface area contributed by atoms with E-state index in [1.807, 2.05) is 30.3 Å². The minimum absolute atomic E-state index is 0.000768. The Morgan fingerprint density at radius 2 is 1.74 bits per heavy atom. The van der Waals surface area contributed by atoms with Gasteiger partial charge in [-0.25, -0.2) is 0 Å². The lowest BCUT2D eigenvalue weighted by Crippen LogP contribution is -2.39. The van der Waals surface area contributed by atoms with Gasteiger partial charge in [0.15, 0.2) is 6.61 Å². The third-order valence-corrected chi connectivity index (χ3v) is 7.46. The summed E-state index contributed by atoms with van der Waals surface area (Å²) in [7, 11) is 0. The van der Waals surface area contributed by atoms with Crippen LogP contribution in [-0.4, -0.2) is 35.4 Å². The molecule has 2 aromatic rings. The van der Waals surface area contributed by atoms with Crippen LogP contribution in [0.15, 0.2) is 54.6 Å². The first-order valence-electron chi connectivity index (χ1n) is 10.2. The third-order valence-electron chi connectivity index (χ3n) is 6.26. The van der Waals surface area contributed by atoms with Gasteiger partial charge in [0.2, 0.25) is 0 Å². The summed E-state index contributed by atoms with van der Waals surface area (Å²) in [4.78, 5) is 37.0. The topological polar surface area (TPSA) is 90.9 Å². The largest absolute Gasteiger partial charge is 0.461 e. The van der Waals surface area contributed by atoms with Gasteiger partial charge in [-0.05, 0) is 48.7 Å². The van der Waals surface area contributed by atoms with Crippen LogP contribution in [0.25, 0.3) is 0 Å². The average molecular weight is 486 g/mol. The lowest BCUT2D eigenvalue weighted by molar-refractivity contribution is -0.157. The number of hydrogen-bond acceptors (Lipinski definition) is 6. The molecule has 31 heavy (non-hydrogen) atoms. The van der Waals surface area contributed by atoms with Crippen LogP contribution in [0, 0.1) is 23.7 Å². The fourth-order valence-corrected chi connectivity index (χ4v) is 6.00. The van der Waals surface area contributed by atoms with Gasteiger partial charge in [-0.15, -0.1) is 0 Å². The van der Waals surface area contributed by atoms with Crippen molar-refractivity contribution in [3.63, 3.8) is 0 Å². The Bertz CT molecular complexity index is 1010. The lowest BCUT2D eigenvalue weighted by atomic mass is 9.80. The number of benzene rings is 2. The van der Waals surface area contributed by atoms with Crippen molar-refractivity contribution in [1.82, 2.24) is 0 Å². The number of halogens is 1. The summed E-state index contributed by atoms with van der Waals surface area (Å²) in [6, 6.07) is 16.3. The van der Waals surface area contributed by atoms with E-state index >= 15 is 0 Å². The molecular formula is C23H20BrNO6. The highest BCUT2D eigenvalue weighted by atomic mass is 79.9. The number of rotatable bonds is 6. The predicted octanol–water partition coefficient (Wildman–Crippen LogP) is 3.53. The average Bonchev–Trinajstić information content (AvgIpc) is 3.38. The maximum Gasteiger partial charge on any atom is 0.310 e. The van der Waals surface area contributed by atoms with E-state index in [1.54, 1.807) is 24.3 Å². The molecule has 8 heteroatoms. The molecule has 2 aliphatic carbocycles. The SMILES string of the molecule is O=C(COC(=O)[C@@H]1[C@H]2C[C@H]3[C@H](OC(=O)[C@@H]31)[C@H]2Br)Nc1ccc(Oc2ccccc2)cc1. The molecule has 0 unspecified atom stereocenters. The van der Waals surface area contributed by atoms with Crippen LogP contribution in [0.1, 0.15) is 6.42 Å². The smallest absolute Gasteiger partial charge is 0.310 e. The highest BCUT2D eigenvalue weighted by molar-refractivity contribution is 9.09. The Labute approximate surface area is 187 Å². The van der Waals surface area contributed by atoms with Crippen LogP contribution in [0.3, 0.4) is 0 Å². The van der Waals surface area contributed by atoms with Gasteiger partial charge in [0.1, 0.15) is 17.6 Å². The van der Waals surface area contributed by atoms with Gasteiger partial charge < -0.3 is 19.5 Å². The highest BCUT2D eigenvalue weighted by Crippen LogP contribution is 2.60. The van der Waals surface area contributed by atoms with Crippen LogP contribution >= 0.6 is 15.9 Å². The standard InChI is InChI=1S/C23H20BrNO6/c24-20-15-10-16-19(23(28)31-21(16)20)18(15)22(27)29-11-17(26)25-12-6-8-14(9-7-12)30-13-4-2-1-3-5-13/h1-9,15-16,18-21H,10-11H2,(H,25,26)/t15-,16-,18-,19+,20+,21+/m1/s1. The summed E-state index contributed by atoms with van der Waals surface area (Å²) in [5.74, 6) is -0.878. The van der Waals surface area contributed by atoms with Crippen LogP contribution in [0.2, 0.25) is 0 Å². The molecule has 1 heterocycles. The molecule has 160 valence electrons. The maximum absolute atomic E-state index is 12.6. The number of hydrogen-bond donors (Lipinski definition) is 1. The maximum atomic E-state index is 12.6. The zero-order valence-corrected chi connectivity index (χ0v) is 18.0. The molecular weight excluding hydrogens is 466 g/mol. The molecule has 1 saturated heterocycles. The summed E-state index contributed by atoms with van der Waals surface area (Å²) < 4.78 is 16.4. The number of alkyl halides is 1. The number of amides is 1. The predicted molar refractivity (Wildman–Crippen MR) is 114 cm³/mol. The van der Waals surface area contributed by atoms with Gasteiger partial charge >= 0.3 is 11.9 Å². The number of carbonyl (C=O) groups is 3. The zero-order valence-electron chi connectivity index (χ0n) is 16.4. The molecule has 1 aliphatic heterocycles. The van der Waals surface area contributed by atoms with Gasteiger partial charge in [-0.1, -0.05) is 34.1 Å². The number of anilines is 1. The van der Waals surface area contributed by atoms with Crippen molar-refractivity contribution in [2.24, 2.45) is 23.7 Å². The van der Waals surface area contributed by atoms with Crippen LogP contribution in [-0.2, 0) is 23.9 Å². The first-order chi connectivity index (χ1) is 15.0. The van der Waals surface area contributed by atoms with Crippen molar-refractivity contribution in [3.05, 3.63) is 54.6 Å². The number of para-hydroxylation sites is 1. The molecule has 0 aromatic heterocycles. The van der Waals surface area contributed by atoms with Crippen molar-refractivity contribution in [3.8, 4) is 11.5 Å². The molecule has 1 amide bonds. The van der Waals surface area contributed by atoms with Crippen LogP contribution in [0.5, 0.6) is 11.5 Å². The van der Waals surface area contributed by atoms with E-state index in [0.717, 1.165) is 12.2 Å². The number of ether oxygens (including phenoxy) is 3. The van der Waals surface area contributed by atoms with Gasteiger partial charge in [-0.2, -0.15) is 0 Å². The highest BCUT2D eigenvalue weighted by Gasteiger charge is 2.68. The molecule has 3 aliphatic rings. The van der Waals surface area contributed by atoms with Crippen LogP contribution in [0.4, 0.5) is 5.69 Å². The Morgan fingerprint density at radius 1 is 1.03 bits per heavy atom. The molecule has 6 atom stereocenters. The quantitative estimate of drug-likeness (QED) is 0.497. The Morgan fingerprint density at radius 3 is 2.48 bits per heavy atom. The zero-order chi connectivity index (χ0) is 21.5. The molecule has 3 fully saturated rings. The van der Waals surface area contributed by atoms with Crippen molar-refractivity contribution < 1.29 is 28.6 Å². The summed E-state index contributed by atoms with van der Waals surface area (Å²) in [5, 5.41) is 2.69. The van der Waals surface area contributed by atoms with Crippen molar-refractivity contribution >= 4 is 39.5 Å². The minimum Gasteiger partial charge on any atom is -0.461 e. The van der Waals surface area contributed by atoms with Gasteiger partial charge in [0, 0.05) is 11.6 Å². The summed E-state index contributed by atoms with van der Waals surface area (Å²) in [6.45, 7) is -0.410. The number of nitrogens with one attached hydrogen (secondary N) is 1. The molecule has 2 aromatic carbocycles. The molecule has 0 spiro atoms. The normalized spacial score (nSPS) is 30.0. The molecule has 2 saturated carbocycles. The monoisotopic (exact) mass is 485 g/mol. The van der Waals surface area contributed by atoms with E-state index in [1.165, 1.54) is 0 Å². The van der Waals surface area contributed by atoms with Gasteiger partial charge in [-0.3, -0.25) is 14.4 Å². The molecule has 0 radical (unpaired) electrons. The fraction of sp³-hybridized carbons (Fsp3) is 0.348. The Balaban J connectivity index is 1.14. The molecule has 1 N–H and O–H groups in total.